The summed E-state index contributed by atoms with van der Waals surface area (Å²) < 4.78 is 0. The fourth-order valence-corrected chi connectivity index (χ4v) is 0.995. The van der Waals surface area contributed by atoms with Gasteiger partial charge in [0.25, 0.3) is 0 Å². The molecular formula is C9H16BN3O2. The summed E-state index contributed by atoms with van der Waals surface area (Å²) in [6.07, 6.45) is 5.31. The lowest BCUT2D eigenvalue weighted by atomic mass is 9.80. The summed E-state index contributed by atoms with van der Waals surface area (Å²) in [5.41, 5.74) is 5.82. The van der Waals surface area contributed by atoms with Crippen molar-refractivity contribution in [1.29, 1.82) is 0 Å². The molecule has 1 rings (SSSR count). The van der Waals surface area contributed by atoms with Crippen LogP contribution >= 0.6 is 0 Å². The molecule has 0 radical (unpaired) electrons. The van der Waals surface area contributed by atoms with Crippen molar-refractivity contribution in [3.05, 3.63) is 11.5 Å². The first-order valence-corrected chi connectivity index (χ1v) is 4.99. The lowest BCUT2D eigenvalue weighted by molar-refractivity contribution is 0.422. The maximum atomic E-state index is 8.87. The maximum Gasteiger partial charge on any atom is 0.489 e. The van der Waals surface area contributed by atoms with E-state index in [-0.39, 0.29) is 5.96 Å². The number of nitrogens with zero attached hydrogens (tertiary/aromatic N) is 2. The van der Waals surface area contributed by atoms with Gasteiger partial charge in [-0.15, -0.1) is 0 Å². The maximum absolute atomic E-state index is 8.87. The number of guanidine groups is 1. The molecule has 4 N–H and O–H groups in total. The molecule has 0 aromatic heterocycles. The van der Waals surface area contributed by atoms with Gasteiger partial charge in [0.15, 0.2) is 0 Å². The molecule has 0 aromatic carbocycles. The normalized spacial score (nSPS) is 18.6. The molecule has 0 aliphatic heterocycles. The van der Waals surface area contributed by atoms with Crippen molar-refractivity contribution in [1.82, 2.24) is 0 Å². The van der Waals surface area contributed by atoms with E-state index in [2.05, 4.69) is 9.98 Å². The minimum absolute atomic E-state index is 0.182. The van der Waals surface area contributed by atoms with E-state index in [0.29, 0.717) is 11.4 Å². The van der Waals surface area contributed by atoms with Crippen molar-refractivity contribution in [2.24, 2.45) is 21.6 Å². The van der Waals surface area contributed by atoms with E-state index in [1.54, 1.807) is 13.0 Å². The number of rotatable bonds is 4. The van der Waals surface area contributed by atoms with Crippen LogP contribution < -0.4 is 5.73 Å². The third kappa shape index (κ3) is 4.76. The molecular weight excluding hydrogens is 193 g/mol. The number of hydrogen-bond donors (Lipinski definition) is 3. The highest BCUT2D eigenvalue weighted by atomic mass is 16.4. The van der Waals surface area contributed by atoms with Crippen LogP contribution in [0, 0.1) is 5.92 Å². The molecule has 1 aliphatic carbocycles. The molecule has 5 nitrogen and oxygen atoms in total. The zero-order chi connectivity index (χ0) is 11.3. The predicted molar refractivity (Wildman–Crippen MR) is 61.7 cm³/mol. The first-order valence-electron chi connectivity index (χ1n) is 4.99. The average Bonchev–Trinajstić information content (AvgIpc) is 2.98. The van der Waals surface area contributed by atoms with E-state index in [0.717, 1.165) is 6.54 Å². The second kappa shape index (κ2) is 5.67. The van der Waals surface area contributed by atoms with E-state index < -0.39 is 7.12 Å². The minimum atomic E-state index is -1.52. The van der Waals surface area contributed by atoms with Gasteiger partial charge in [0.05, 0.1) is 0 Å². The van der Waals surface area contributed by atoms with E-state index in [1.807, 2.05) is 0 Å². The number of aliphatic imine (C=N–C) groups is 2. The molecule has 0 heterocycles. The zero-order valence-corrected chi connectivity index (χ0v) is 8.80. The standard InChI is InChI=1S/C9H16BN3O2/c1-2-8(10(14)15)6-13-9(11)12-5-7-3-4-7/h2,6-7,14-15H,3-5H2,1H3,(H2,11,12)/b8-2+,13-6?. The van der Waals surface area contributed by atoms with E-state index in [1.165, 1.54) is 19.1 Å². The van der Waals surface area contributed by atoms with Gasteiger partial charge in [0.2, 0.25) is 5.96 Å². The fraction of sp³-hybridized carbons (Fsp3) is 0.556. The molecule has 1 saturated carbocycles. The Labute approximate surface area is 89.6 Å². The number of nitrogens with two attached hydrogens (primary N) is 1. The summed E-state index contributed by atoms with van der Waals surface area (Å²) in [5.74, 6) is 0.852. The summed E-state index contributed by atoms with van der Waals surface area (Å²) in [6.45, 7) is 2.41. The van der Waals surface area contributed by atoms with Gasteiger partial charge in [0.1, 0.15) is 0 Å². The van der Waals surface area contributed by atoms with E-state index in [9.17, 15) is 0 Å². The van der Waals surface area contributed by atoms with Crippen LogP contribution in [0.1, 0.15) is 19.8 Å². The molecule has 6 heteroatoms. The topological polar surface area (TPSA) is 91.2 Å². The van der Waals surface area contributed by atoms with Crippen LogP contribution in [0.4, 0.5) is 0 Å². The van der Waals surface area contributed by atoms with Gasteiger partial charge < -0.3 is 15.8 Å². The molecule has 0 atom stereocenters. The van der Waals surface area contributed by atoms with Gasteiger partial charge in [-0.3, -0.25) is 4.99 Å². The monoisotopic (exact) mass is 209 g/mol. The summed E-state index contributed by atoms with van der Waals surface area (Å²) >= 11 is 0. The smallest absolute Gasteiger partial charge is 0.423 e. The van der Waals surface area contributed by atoms with Gasteiger partial charge in [-0.2, -0.15) is 0 Å². The Morgan fingerprint density at radius 3 is 2.67 bits per heavy atom. The lowest BCUT2D eigenvalue weighted by Gasteiger charge is -1.97. The molecule has 15 heavy (non-hydrogen) atoms. The van der Waals surface area contributed by atoms with Crippen LogP contribution in [-0.2, 0) is 0 Å². The SMILES string of the molecule is C/C=C(\C=NC(N)=NCC1CC1)B(O)O. The van der Waals surface area contributed by atoms with E-state index >= 15 is 0 Å². The summed E-state index contributed by atoms with van der Waals surface area (Å²) in [5, 5.41) is 17.7. The van der Waals surface area contributed by atoms with Gasteiger partial charge in [-0.05, 0) is 31.2 Å². The highest BCUT2D eigenvalue weighted by Crippen LogP contribution is 2.28. The fourth-order valence-electron chi connectivity index (χ4n) is 0.995. The van der Waals surface area contributed by atoms with Gasteiger partial charge in [-0.25, -0.2) is 4.99 Å². The largest absolute Gasteiger partial charge is 0.489 e. The Kier molecular flexibility index (Phi) is 4.52. The third-order valence-electron chi connectivity index (χ3n) is 2.19. The van der Waals surface area contributed by atoms with Crippen LogP contribution in [0.2, 0.25) is 0 Å². The van der Waals surface area contributed by atoms with Crippen LogP contribution in [0.15, 0.2) is 21.5 Å². The Balaban J connectivity index is 2.43. The average molecular weight is 209 g/mol. The van der Waals surface area contributed by atoms with Crippen LogP contribution in [-0.4, -0.2) is 35.9 Å². The van der Waals surface area contributed by atoms with Crippen LogP contribution in [0.3, 0.4) is 0 Å². The van der Waals surface area contributed by atoms with Crippen molar-refractivity contribution in [3.63, 3.8) is 0 Å². The second-order valence-electron chi connectivity index (χ2n) is 3.56. The minimum Gasteiger partial charge on any atom is -0.423 e. The molecule has 0 saturated heterocycles. The Morgan fingerprint density at radius 2 is 2.20 bits per heavy atom. The Hall–Kier alpha value is -1.14. The molecule has 0 bridgehead atoms. The van der Waals surface area contributed by atoms with Crippen molar-refractivity contribution < 1.29 is 10.0 Å². The first kappa shape index (κ1) is 11.9. The zero-order valence-electron chi connectivity index (χ0n) is 8.80. The van der Waals surface area contributed by atoms with Gasteiger partial charge in [0, 0.05) is 12.8 Å². The van der Waals surface area contributed by atoms with Gasteiger partial charge in [-0.1, -0.05) is 6.08 Å². The molecule has 0 unspecified atom stereocenters. The molecule has 1 fully saturated rings. The highest BCUT2D eigenvalue weighted by Gasteiger charge is 2.20. The highest BCUT2D eigenvalue weighted by molar-refractivity contribution is 6.57. The molecule has 0 amide bonds. The van der Waals surface area contributed by atoms with Crippen LogP contribution in [0.5, 0.6) is 0 Å². The number of allylic oxidation sites excluding steroid dienone is 2. The first-order chi connectivity index (χ1) is 7.13. The third-order valence-corrected chi connectivity index (χ3v) is 2.19. The Bertz CT molecular complexity index is 296. The molecule has 0 spiro atoms. The second-order valence-corrected chi connectivity index (χ2v) is 3.56. The quantitative estimate of drug-likeness (QED) is 0.338. The lowest BCUT2D eigenvalue weighted by Crippen LogP contribution is -2.18. The van der Waals surface area contributed by atoms with Crippen LogP contribution in [0.25, 0.3) is 0 Å². The number of hydrogen-bond acceptors (Lipinski definition) is 3. The van der Waals surface area contributed by atoms with Crippen molar-refractivity contribution in [2.75, 3.05) is 6.54 Å². The summed E-state index contributed by atoms with van der Waals surface area (Å²) in [6, 6.07) is 0. The summed E-state index contributed by atoms with van der Waals surface area (Å²) in [7, 11) is -1.52. The predicted octanol–water partition coefficient (Wildman–Crippen LogP) is -0.260. The molecule has 1 aliphatic rings. The summed E-state index contributed by atoms with van der Waals surface area (Å²) in [4.78, 5) is 7.89. The Morgan fingerprint density at radius 1 is 1.53 bits per heavy atom. The molecule has 82 valence electrons. The van der Waals surface area contributed by atoms with Crippen molar-refractivity contribution in [2.45, 2.75) is 19.8 Å². The van der Waals surface area contributed by atoms with Crippen molar-refractivity contribution >= 4 is 19.3 Å². The van der Waals surface area contributed by atoms with E-state index in [4.69, 9.17) is 15.8 Å². The van der Waals surface area contributed by atoms with Gasteiger partial charge >= 0.3 is 7.12 Å². The molecule has 0 aromatic rings. The van der Waals surface area contributed by atoms with Crippen molar-refractivity contribution in [3.8, 4) is 0 Å².